The van der Waals surface area contributed by atoms with E-state index >= 15 is 0 Å². The molecule has 0 saturated heterocycles. The molecule has 2 aromatic heterocycles. The molecule has 9 rings (SSSR count). The monoisotopic (exact) mass is 596 g/mol. The fraction of sp³-hybridized carbons (Fsp3) is 0.143. The third-order valence-corrected chi connectivity index (χ3v) is 10.0. The molecular formula is C42H34N3O+. The standard InChI is InChI=1S/C42H34N3O/c1-3-35-31-16-8-7-15-30(31)32-23-21-29-22-24-34-33-17-9-12-20-39(33)46-41(34)40(29)42-44(26-28-13-5-4-6-14-28)37-18-10-11-19-38(37)45(42)27(2)25-36(32)43-35/h3-20,22,24,32,36H,1-2,21,23,25-26H2/q+1. The molecule has 46 heavy (non-hydrogen) atoms. The van der Waals surface area contributed by atoms with Crippen LogP contribution in [0.3, 0.4) is 0 Å². The lowest BCUT2D eigenvalue weighted by Crippen LogP contribution is -2.37. The van der Waals surface area contributed by atoms with Crippen molar-refractivity contribution < 1.29 is 8.98 Å². The fourth-order valence-corrected chi connectivity index (χ4v) is 7.95. The van der Waals surface area contributed by atoms with Gasteiger partial charge in [-0.05, 0) is 53.8 Å². The molecule has 4 nitrogen and oxygen atoms in total. The average Bonchev–Trinajstić information content (AvgIpc) is 3.63. The lowest BCUT2D eigenvalue weighted by molar-refractivity contribution is -0.651. The minimum Gasteiger partial charge on any atom is -0.455 e. The van der Waals surface area contributed by atoms with Crippen LogP contribution < -0.4 is 4.57 Å². The van der Waals surface area contributed by atoms with E-state index in [1.807, 2.05) is 6.08 Å². The molecule has 4 heterocycles. The predicted molar refractivity (Wildman–Crippen MR) is 188 cm³/mol. The summed E-state index contributed by atoms with van der Waals surface area (Å²) in [6, 6.07) is 41.2. The molecule has 7 aromatic rings. The Morgan fingerprint density at radius 1 is 0.848 bits per heavy atom. The zero-order chi connectivity index (χ0) is 30.8. The Labute approximate surface area is 268 Å². The highest BCUT2D eigenvalue weighted by Crippen LogP contribution is 2.44. The minimum atomic E-state index is 0.0588. The van der Waals surface area contributed by atoms with E-state index in [9.17, 15) is 0 Å². The Bertz CT molecular complexity index is 2370. The van der Waals surface area contributed by atoms with Gasteiger partial charge in [0.1, 0.15) is 23.4 Å². The van der Waals surface area contributed by atoms with Crippen LogP contribution in [0.25, 0.3) is 50.1 Å². The maximum absolute atomic E-state index is 6.81. The number of imidazole rings is 1. The number of fused-ring (bicyclic) bond motifs is 12. The summed E-state index contributed by atoms with van der Waals surface area (Å²) in [5, 5.41) is 2.28. The van der Waals surface area contributed by atoms with Crippen molar-refractivity contribution in [2.24, 2.45) is 4.99 Å². The van der Waals surface area contributed by atoms with Crippen LogP contribution in [0.1, 0.15) is 41.0 Å². The number of aromatic nitrogens is 2. The number of hydrogen-bond acceptors (Lipinski definition) is 2. The van der Waals surface area contributed by atoms with Gasteiger partial charge in [0.2, 0.25) is 0 Å². The van der Waals surface area contributed by atoms with E-state index in [1.54, 1.807) is 0 Å². The number of para-hydroxylation sites is 3. The summed E-state index contributed by atoms with van der Waals surface area (Å²) in [5.41, 5.74) is 12.4. The molecule has 2 unspecified atom stereocenters. The summed E-state index contributed by atoms with van der Waals surface area (Å²) >= 11 is 0. The van der Waals surface area contributed by atoms with Gasteiger partial charge in [0.05, 0.1) is 11.8 Å². The maximum atomic E-state index is 6.81. The Morgan fingerprint density at radius 3 is 2.52 bits per heavy atom. The minimum absolute atomic E-state index is 0.0588. The molecule has 0 N–H and O–H groups in total. The number of aryl methyl sites for hydroxylation is 1. The van der Waals surface area contributed by atoms with Gasteiger partial charge in [0.15, 0.2) is 16.6 Å². The van der Waals surface area contributed by atoms with Crippen molar-refractivity contribution in [3.63, 3.8) is 0 Å². The second kappa shape index (κ2) is 10.6. The number of nitrogens with zero attached hydrogens (tertiary/aromatic N) is 3. The molecule has 0 amide bonds. The van der Waals surface area contributed by atoms with E-state index in [2.05, 4.69) is 131 Å². The van der Waals surface area contributed by atoms with E-state index in [1.165, 1.54) is 27.8 Å². The van der Waals surface area contributed by atoms with Crippen molar-refractivity contribution in [2.45, 2.75) is 37.8 Å². The number of rotatable bonds is 3. The van der Waals surface area contributed by atoms with Crippen LogP contribution in [0.5, 0.6) is 0 Å². The van der Waals surface area contributed by atoms with Crippen LogP contribution in [-0.2, 0) is 13.0 Å². The van der Waals surface area contributed by atoms with E-state index < -0.39 is 0 Å². The first kappa shape index (κ1) is 26.9. The molecule has 2 aliphatic rings. The van der Waals surface area contributed by atoms with Gasteiger partial charge >= 0.3 is 0 Å². The first-order chi connectivity index (χ1) is 22.7. The highest BCUT2D eigenvalue weighted by atomic mass is 16.3. The van der Waals surface area contributed by atoms with Crippen molar-refractivity contribution >= 4 is 44.4 Å². The summed E-state index contributed by atoms with van der Waals surface area (Å²) in [6.45, 7) is 9.68. The lowest BCUT2D eigenvalue weighted by atomic mass is 9.78. The number of hydrogen-bond donors (Lipinski definition) is 0. The van der Waals surface area contributed by atoms with E-state index in [0.717, 1.165) is 76.1 Å². The van der Waals surface area contributed by atoms with Crippen molar-refractivity contribution in [1.82, 2.24) is 4.57 Å². The second-order valence-electron chi connectivity index (χ2n) is 12.6. The predicted octanol–water partition coefficient (Wildman–Crippen LogP) is 9.49. The topological polar surface area (TPSA) is 34.3 Å². The van der Waals surface area contributed by atoms with E-state index in [4.69, 9.17) is 16.0 Å². The highest BCUT2D eigenvalue weighted by molar-refractivity contribution is 6.11. The maximum Gasteiger partial charge on any atom is 0.299 e. The van der Waals surface area contributed by atoms with Gasteiger partial charge in [-0.25, -0.2) is 4.57 Å². The van der Waals surface area contributed by atoms with Crippen molar-refractivity contribution in [1.29, 1.82) is 0 Å². The van der Waals surface area contributed by atoms with E-state index in [0.29, 0.717) is 0 Å². The Hall–Kier alpha value is -5.48. The van der Waals surface area contributed by atoms with Gasteiger partial charge in [-0.1, -0.05) is 110 Å². The molecule has 4 heteroatoms. The Morgan fingerprint density at radius 2 is 1.63 bits per heavy atom. The number of allylic oxidation sites excluding steroid dienone is 1. The molecule has 0 bridgehead atoms. The summed E-state index contributed by atoms with van der Waals surface area (Å²) < 4.78 is 11.7. The van der Waals surface area contributed by atoms with Crippen molar-refractivity contribution in [3.05, 3.63) is 157 Å². The lowest BCUT2D eigenvalue weighted by Gasteiger charge is -2.32. The summed E-state index contributed by atoms with van der Waals surface area (Å²) in [6.07, 6.45) is 4.52. The molecule has 0 spiro atoms. The smallest absolute Gasteiger partial charge is 0.299 e. The average molecular weight is 597 g/mol. The fourth-order valence-electron chi connectivity index (χ4n) is 7.95. The van der Waals surface area contributed by atoms with Crippen LogP contribution in [0.4, 0.5) is 0 Å². The van der Waals surface area contributed by atoms with Gasteiger partial charge in [0, 0.05) is 28.7 Å². The molecule has 0 aliphatic carbocycles. The van der Waals surface area contributed by atoms with Gasteiger partial charge in [0.25, 0.3) is 5.82 Å². The van der Waals surface area contributed by atoms with Crippen molar-refractivity contribution in [2.75, 3.05) is 0 Å². The van der Waals surface area contributed by atoms with Gasteiger partial charge < -0.3 is 4.42 Å². The molecule has 0 saturated carbocycles. The zero-order valence-corrected chi connectivity index (χ0v) is 25.7. The largest absolute Gasteiger partial charge is 0.455 e. The first-order valence-electron chi connectivity index (χ1n) is 16.2. The summed E-state index contributed by atoms with van der Waals surface area (Å²) in [7, 11) is 0. The van der Waals surface area contributed by atoms with Gasteiger partial charge in [-0.2, -0.15) is 4.57 Å². The van der Waals surface area contributed by atoms with Crippen molar-refractivity contribution in [3.8, 4) is 11.4 Å². The number of aliphatic imine (C=N–C) groups is 1. The van der Waals surface area contributed by atoms with Crippen LogP contribution in [0, 0.1) is 0 Å². The summed E-state index contributed by atoms with van der Waals surface area (Å²) in [4.78, 5) is 5.35. The molecular weight excluding hydrogens is 562 g/mol. The quantitative estimate of drug-likeness (QED) is 0.187. The molecule has 2 aliphatic heterocycles. The number of furan rings is 1. The van der Waals surface area contributed by atoms with Crippen LogP contribution in [0.2, 0.25) is 0 Å². The third kappa shape index (κ3) is 4.06. The zero-order valence-electron chi connectivity index (χ0n) is 25.7. The van der Waals surface area contributed by atoms with Crippen LogP contribution in [-0.4, -0.2) is 16.3 Å². The Balaban J connectivity index is 1.37. The van der Waals surface area contributed by atoms with Gasteiger partial charge in [-0.15, -0.1) is 0 Å². The molecule has 0 radical (unpaired) electrons. The number of benzene rings is 5. The highest BCUT2D eigenvalue weighted by Gasteiger charge is 2.38. The van der Waals surface area contributed by atoms with E-state index in [-0.39, 0.29) is 12.0 Å². The molecule has 222 valence electrons. The van der Waals surface area contributed by atoms with Crippen LogP contribution in [0.15, 0.2) is 144 Å². The Kier molecular flexibility index (Phi) is 6.17. The SMILES string of the molecule is C=CC1=NC2CC(=C)n3c([n+](Cc4ccccc4)c4ccccc43)-c3c(ccc4c3oc3ccccc34)CCC2c2ccccc21. The third-order valence-electron chi connectivity index (χ3n) is 10.0. The molecule has 2 atom stereocenters. The normalized spacial score (nSPS) is 17.7. The van der Waals surface area contributed by atoms with Crippen LogP contribution >= 0.6 is 0 Å². The first-order valence-corrected chi connectivity index (χ1v) is 16.2. The second-order valence-corrected chi connectivity index (χ2v) is 12.6. The molecule has 5 aromatic carbocycles. The molecule has 0 fully saturated rings. The summed E-state index contributed by atoms with van der Waals surface area (Å²) in [5.74, 6) is 1.37. The van der Waals surface area contributed by atoms with Gasteiger partial charge in [-0.3, -0.25) is 4.99 Å².